The van der Waals surface area contributed by atoms with E-state index in [0.717, 1.165) is 12.1 Å². The normalized spacial score (nSPS) is 16.2. The van der Waals surface area contributed by atoms with Gasteiger partial charge in [0.2, 0.25) is 10.0 Å². The van der Waals surface area contributed by atoms with Crippen LogP contribution in [0.1, 0.15) is 5.56 Å². The summed E-state index contributed by atoms with van der Waals surface area (Å²) in [6.45, 7) is 0.972. The first kappa shape index (κ1) is 20.9. The monoisotopic (exact) mass is 478 g/mol. The number of sulfonamides is 1. The van der Waals surface area contributed by atoms with Gasteiger partial charge in [-0.25, -0.2) is 8.42 Å². The van der Waals surface area contributed by atoms with E-state index in [0.29, 0.717) is 29.0 Å². The molecule has 152 valence electrons. The molecule has 0 spiro atoms. The number of methoxy groups -OCH3 is 1. The van der Waals surface area contributed by atoms with E-state index in [9.17, 15) is 21.6 Å². The Labute approximate surface area is 169 Å². The van der Waals surface area contributed by atoms with Crippen molar-refractivity contribution in [3.8, 4) is 5.75 Å². The molecule has 0 radical (unpaired) electrons. The highest BCUT2D eigenvalue weighted by Gasteiger charge is 2.32. The molecule has 28 heavy (non-hydrogen) atoms. The van der Waals surface area contributed by atoms with Crippen LogP contribution in [0.15, 0.2) is 51.8 Å². The average Bonchev–Trinajstić information content (AvgIpc) is 2.67. The van der Waals surface area contributed by atoms with Crippen molar-refractivity contribution in [3.05, 3.63) is 52.5 Å². The zero-order chi connectivity index (χ0) is 20.5. The maximum atomic E-state index is 12.9. The molecule has 1 aliphatic heterocycles. The first-order chi connectivity index (χ1) is 13.1. The summed E-state index contributed by atoms with van der Waals surface area (Å²) >= 11 is 3.28. The van der Waals surface area contributed by atoms with Gasteiger partial charge < -0.3 is 9.64 Å². The molecule has 2 aromatic carbocycles. The van der Waals surface area contributed by atoms with E-state index in [-0.39, 0.29) is 18.0 Å². The minimum absolute atomic E-state index is 0.132. The molecule has 1 saturated heterocycles. The summed E-state index contributed by atoms with van der Waals surface area (Å²) in [5, 5.41) is 0. The van der Waals surface area contributed by atoms with Gasteiger partial charge in [0.25, 0.3) is 0 Å². The molecule has 0 aliphatic carbocycles. The summed E-state index contributed by atoms with van der Waals surface area (Å²) in [4.78, 5) is 1.89. The van der Waals surface area contributed by atoms with E-state index in [1.807, 2.05) is 0 Å². The average molecular weight is 479 g/mol. The Bertz CT molecular complexity index is 959. The molecule has 3 rings (SSSR count). The van der Waals surface area contributed by atoms with Crippen molar-refractivity contribution in [1.82, 2.24) is 4.31 Å². The van der Waals surface area contributed by atoms with Crippen LogP contribution >= 0.6 is 15.9 Å². The summed E-state index contributed by atoms with van der Waals surface area (Å²) in [5.41, 5.74) is -0.290. The summed E-state index contributed by atoms with van der Waals surface area (Å²) in [6, 6.07) is 9.58. The minimum Gasteiger partial charge on any atom is -0.496 e. The van der Waals surface area contributed by atoms with Crippen LogP contribution in [-0.4, -0.2) is 46.0 Å². The largest absolute Gasteiger partial charge is 0.496 e. The second kappa shape index (κ2) is 7.92. The van der Waals surface area contributed by atoms with Crippen LogP contribution < -0.4 is 9.64 Å². The number of nitrogens with zero attached hydrogens (tertiary/aromatic N) is 2. The highest BCUT2D eigenvalue weighted by Crippen LogP contribution is 2.33. The third kappa shape index (κ3) is 4.28. The van der Waals surface area contributed by atoms with E-state index in [1.54, 1.807) is 17.0 Å². The highest BCUT2D eigenvalue weighted by molar-refractivity contribution is 9.10. The Hall–Kier alpha value is -1.78. The first-order valence-corrected chi connectivity index (χ1v) is 10.6. The molecule has 0 bridgehead atoms. The summed E-state index contributed by atoms with van der Waals surface area (Å²) in [5.74, 6) is 0.522. The number of piperazine rings is 1. The molecule has 1 heterocycles. The summed E-state index contributed by atoms with van der Waals surface area (Å²) < 4.78 is 71.4. The fourth-order valence-corrected chi connectivity index (χ4v) is 5.16. The first-order valence-electron chi connectivity index (χ1n) is 8.39. The van der Waals surface area contributed by atoms with Crippen molar-refractivity contribution in [2.75, 3.05) is 38.2 Å². The fourth-order valence-electron chi connectivity index (χ4n) is 3.02. The Balaban J connectivity index is 1.74. The standard InChI is InChI=1S/C18H18BrF3N2O3S/c1-27-17-6-5-15(12-16(17)19)28(25,26)24-9-7-23(8-10-24)14-4-2-3-13(11-14)18(20,21)22/h2-6,11-12H,7-10H2,1H3. The molecule has 10 heteroatoms. The molecule has 1 aliphatic rings. The Morgan fingerprint density at radius 2 is 1.71 bits per heavy atom. The maximum absolute atomic E-state index is 12.9. The van der Waals surface area contributed by atoms with Gasteiger partial charge in [0.15, 0.2) is 0 Å². The van der Waals surface area contributed by atoms with Gasteiger partial charge in [-0.15, -0.1) is 0 Å². The van der Waals surface area contributed by atoms with Gasteiger partial charge in [-0.1, -0.05) is 6.07 Å². The SMILES string of the molecule is COc1ccc(S(=O)(=O)N2CCN(c3cccc(C(F)(F)F)c3)CC2)cc1Br. The molecular formula is C18H18BrF3N2O3S. The van der Waals surface area contributed by atoms with Gasteiger partial charge in [0.1, 0.15) is 5.75 Å². The zero-order valence-corrected chi connectivity index (χ0v) is 17.3. The molecular weight excluding hydrogens is 461 g/mol. The van der Waals surface area contributed by atoms with E-state index in [2.05, 4.69) is 15.9 Å². The topological polar surface area (TPSA) is 49.9 Å². The second-order valence-corrected chi connectivity index (χ2v) is 9.03. The van der Waals surface area contributed by atoms with Crippen molar-refractivity contribution in [3.63, 3.8) is 0 Å². The lowest BCUT2D eigenvalue weighted by Crippen LogP contribution is -2.48. The number of hydrogen-bond donors (Lipinski definition) is 0. The van der Waals surface area contributed by atoms with Crippen molar-refractivity contribution >= 4 is 31.6 Å². The van der Waals surface area contributed by atoms with Gasteiger partial charge >= 0.3 is 6.18 Å². The van der Waals surface area contributed by atoms with Crippen LogP contribution in [0.5, 0.6) is 5.75 Å². The third-order valence-corrected chi connectivity index (χ3v) is 7.05. The van der Waals surface area contributed by atoms with E-state index < -0.39 is 21.8 Å². The number of anilines is 1. The summed E-state index contributed by atoms with van der Waals surface area (Å²) in [6.07, 6.45) is -4.41. The quantitative estimate of drug-likeness (QED) is 0.666. The van der Waals surface area contributed by atoms with Crippen LogP contribution in [0.3, 0.4) is 0 Å². The van der Waals surface area contributed by atoms with E-state index in [4.69, 9.17) is 4.74 Å². The maximum Gasteiger partial charge on any atom is 0.416 e. The van der Waals surface area contributed by atoms with Crippen LogP contribution in [0.2, 0.25) is 0 Å². The van der Waals surface area contributed by atoms with Crippen LogP contribution in [0, 0.1) is 0 Å². The lowest BCUT2D eigenvalue weighted by molar-refractivity contribution is -0.137. The fraction of sp³-hybridized carbons (Fsp3) is 0.333. The molecule has 0 saturated carbocycles. The Morgan fingerprint density at radius 1 is 1.04 bits per heavy atom. The zero-order valence-electron chi connectivity index (χ0n) is 14.9. The smallest absolute Gasteiger partial charge is 0.416 e. The summed E-state index contributed by atoms with van der Waals surface area (Å²) in [7, 11) is -2.22. The van der Waals surface area contributed by atoms with Crippen molar-refractivity contribution in [2.45, 2.75) is 11.1 Å². The van der Waals surface area contributed by atoms with E-state index >= 15 is 0 Å². The molecule has 2 aromatic rings. The van der Waals surface area contributed by atoms with Crippen molar-refractivity contribution in [2.24, 2.45) is 0 Å². The van der Waals surface area contributed by atoms with Crippen molar-refractivity contribution in [1.29, 1.82) is 0 Å². The van der Waals surface area contributed by atoms with Gasteiger partial charge in [-0.2, -0.15) is 17.5 Å². The molecule has 0 aromatic heterocycles. The Kier molecular flexibility index (Phi) is 5.92. The second-order valence-electron chi connectivity index (χ2n) is 6.24. The van der Waals surface area contributed by atoms with Crippen molar-refractivity contribution < 1.29 is 26.3 Å². The molecule has 0 amide bonds. The lowest BCUT2D eigenvalue weighted by Gasteiger charge is -2.35. The number of alkyl halides is 3. The molecule has 0 atom stereocenters. The number of halogens is 4. The Morgan fingerprint density at radius 3 is 2.29 bits per heavy atom. The molecule has 5 nitrogen and oxygen atoms in total. The molecule has 0 unspecified atom stereocenters. The van der Waals surface area contributed by atoms with Gasteiger partial charge in [-0.05, 0) is 52.3 Å². The predicted molar refractivity (Wildman–Crippen MR) is 103 cm³/mol. The number of benzene rings is 2. The number of ether oxygens (including phenoxy) is 1. The molecule has 1 fully saturated rings. The third-order valence-electron chi connectivity index (χ3n) is 4.54. The van der Waals surface area contributed by atoms with E-state index in [1.165, 1.54) is 29.6 Å². The van der Waals surface area contributed by atoms with Gasteiger partial charge in [-0.3, -0.25) is 0 Å². The predicted octanol–water partition coefficient (Wildman–Crippen LogP) is 3.99. The minimum atomic E-state index is -4.41. The number of hydrogen-bond acceptors (Lipinski definition) is 4. The van der Waals surface area contributed by atoms with Gasteiger partial charge in [0.05, 0.1) is 22.0 Å². The van der Waals surface area contributed by atoms with Crippen LogP contribution in [-0.2, 0) is 16.2 Å². The van der Waals surface area contributed by atoms with Crippen LogP contribution in [0.25, 0.3) is 0 Å². The highest BCUT2D eigenvalue weighted by atomic mass is 79.9. The molecule has 0 N–H and O–H groups in total. The van der Waals surface area contributed by atoms with Gasteiger partial charge in [0, 0.05) is 31.9 Å². The van der Waals surface area contributed by atoms with Crippen LogP contribution in [0.4, 0.5) is 18.9 Å². The number of rotatable bonds is 4. The lowest BCUT2D eigenvalue weighted by atomic mass is 10.1.